The maximum Gasteiger partial charge on any atom is 0.161 e. The van der Waals surface area contributed by atoms with E-state index < -0.39 is 0 Å². The Balaban J connectivity index is 0.000000157. The standard InChI is InChI=1S/C22H18O.2C12H12O2.C2H6/c1-14-11-12-20(18-9-5-3-7-16(14)18)22-19-10-6-4-8-17(19)15(2)13-21(22)23;1-7-3-4-8(2)10-6-12(14)11(13)5-9(7)10;1-7-9-5-3-4-6-10(9)8(2)12(14)11(7)13;1-2/h3-13,23H,1-2H3;2*3-6,13-14H,1-2H3;1-2H3. The maximum atomic E-state index is 10.7. The van der Waals surface area contributed by atoms with E-state index in [1.807, 2.05) is 89.2 Å². The topological polar surface area (TPSA) is 101 Å². The lowest BCUT2D eigenvalue weighted by Crippen LogP contribution is -1.89. The summed E-state index contributed by atoms with van der Waals surface area (Å²) in [4.78, 5) is 0. The molecule has 0 saturated carbocycles. The second-order valence-electron chi connectivity index (χ2n) is 13.2. The van der Waals surface area contributed by atoms with Gasteiger partial charge in [-0.3, -0.25) is 0 Å². The van der Waals surface area contributed by atoms with Crippen LogP contribution >= 0.6 is 0 Å². The maximum absolute atomic E-state index is 10.7. The van der Waals surface area contributed by atoms with Gasteiger partial charge in [0.15, 0.2) is 23.0 Å². The highest BCUT2D eigenvalue weighted by molar-refractivity contribution is 6.09. The summed E-state index contributed by atoms with van der Waals surface area (Å²) in [5.74, 6) is 0.190. The zero-order valence-electron chi connectivity index (χ0n) is 31.7. The van der Waals surface area contributed by atoms with Gasteiger partial charge in [0.2, 0.25) is 0 Å². The molecule has 0 spiro atoms. The van der Waals surface area contributed by atoms with E-state index in [9.17, 15) is 25.5 Å². The Morgan fingerprint density at radius 1 is 0.321 bits per heavy atom. The average Bonchev–Trinajstić information content (AvgIpc) is 3.18. The highest BCUT2D eigenvalue weighted by Crippen LogP contribution is 2.42. The largest absolute Gasteiger partial charge is 0.507 e. The minimum Gasteiger partial charge on any atom is -0.507 e. The number of rotatable bonds is 1. The van der Waals surface area contributed by atoms with Gasteiger partial charge in [-0.2, -0.15) is 0 Å². The second-order valence-corrected chi connectivity index (χ2v) is 13.2. The first-order valence-corrected chi connectivity index (χ1v) is 17.9. The Bertz CT molecular complexity index is 2510. The monoisotopic (exact) mass is 704 g/mol. The van der Waals surface area contributed by atoms with E-state index in [4.69, 9.17) is 0 Å². The van der Waals surface area contributed by atoms with Crippen molar-refractivity contribution >= 4 is 43.1 Å². The molecule has 0 aromatic heterocycles. The highest BCUT2D eigenvalue weighted by Gasteiger charge is 2.15. The van der Waals surface area contributed by atoms with Crippen molar-refractivity contribution < 1.29 is 25.5 Å². The highest BCUT2D eigenvalue weighted by atomic mass is 16.3. The van der Waals surface area contributed by atoms with Crippen LogP contribution in [0.2, 0.25) is 0 Å². The van der Waals surface area contributed by atoms with Gasteiger partial charge < -0.3 is 25.5 Å². The summed E-state index contributed by atoms with van der Waals surface area (Å²) in [6.45, 7) is 15.7. The molecule has 0 aliphatic carbocycles. The molecule has 5 heteroatoms. The van der Waals surface area contributed by atoms with Crippen LogP contribution < -0.4 is 0 Å². The molecule has 0 bridgehead atoms. The number of aromatic hydroxyl groups is 5. The van der Waals surface area contributed by atoms with Crippen LogP contribution in [0.4, 0.5) is 0 Å². The van der Waals surface area contributed by atoms with Crippen molar-refractivity contribution in [2.75, 3.05) is 0 Å². The van der Waals surface area contributed by atoms with Gasteiger partial charge in [-0.25, -0.2) is 0 Å². The van der Waals surface area contributed by atoms with Gasteiger partial charge in [-0.15, -0.1) is 0 Å². The van der Waals surface area contributed by atoms with E-state index in [1.54, 1.807) is 26.0 Å². The molecule has 0 amide bonds. The van der Waals surface area contributed by atoms with Crippen molar-refractivity contribution in [1.29, 1.82) is 0 Å². The molecule has 0 aliphatic heterocycles. The molecule has 53 heavy (non-hydrogen) atoms. The molecular weight excluding hydrogens is 657 g/mol. The van der Waals surface area contributed by atoms with Gasteiger partial charge >= 0.3 is 0 Å². The van der Waals surface area contributed by atoms with Crippen molar-refractivity contribution in [3.8, 4) is 39.9 Å². The zero-order valence-corrected chi connectivity index (χ0v) is 31.7. The third kappa shape index (κ3) is 7.42. The summed E-state index contributed by atoms with van der Waals surface area (Å²) in [5, 5.41) is 57.3. The quantitative estimate of drug-likeness (QED) is 0.110. The van der Waals surface area contributed by atoms with Crippen LogP contribution in [-0.4, -0.2) is 25.5 Å². The number of benzene rings is 8. The fourth-order valence-electron chi connectivity index (χ4n) is 6.90. The number of fused-ring (bicyclic) bond motifs is 4. The first-order valence-electron chi connectivity index (χ1n) is 17.9. The molecule has 5 nitrogen and oxygen atoms in total. The van der Waals surface area contributed by atoms with E-state index in [0.717, 1.165) is 65.9 Å². The summed E-state index contributed by atoms with van der Waals surface area (Å²) in [7, 11) is 0. The van der Waals surface area contributed by atoms with Crippen molar-refractivity contribution in [3.63, 3.8) is 0 Å². The Kier molecular flexibility index (Phi) is 11.5. The molecule has 8 rings (SSSR count). The van der Waals surface area contributed by atoms with Crippen LogP contribution in [0.1, 0.15) is 47.2 Å². The van der Waals surface area contributed by atoms with Crippen molar-refractivity contribution in [1.82, 2.24) is 0 Å². The molecule has 0 saturated heterocycles. The molecule has 0 fully saturated rings. The van der Waals surface area contributed by atoms with Crippen LogP contribution in [0.25, 0.3) is 54.2 Å². The van der Waals surface area contributed by atoms with E-state index in [1.165, 1.54) is 21.7 Å². The van der Waals surface area contributed by atoms with E-state index >= 15 is 0 Å². The van der Waals surface area contributed by atoms with Gasteiger partial charge in [0.1, 0.15) is 5.75 Å². The molecule has 0 radical (unpaired) electrons. The Hall–Kier alpha value is -6.20. The first-order chi connectivity index (χ1) is 25.4. The van der Waals surface area contributed by atoms with Crippen LogP contribution in [0.5, 0.6) is 28.7 Å². The van der Waals surface area contributed by atoms with Gasteiger partial charge in [-0.05, 0) is 131 Å². The smallest absolute Gasteiger partial charge is 0.161 e. The van der Waals surface area contributed by atoms with Crippen LogP contribution in [-0.2, 0) is 0 Å². The van der Waals surface area contributed by atoms with Crippen LogP contribution in [0, 0.1) is 41.5 Å². The van der Waals surface area contributed by atoms with Gasteiger partial charge in [0.25, 0.3) is 0 Å². The normalized spacial score (nSPS) is 10.6. The lowest BCUT2D eigenvalue weighted by Gasteiger charge is -2.15. The molecular formula is C48H48O5. The lowest BCUT2D eigenvalue weighted by molar-refractivity contribution is 0.400. The van der Waals surface area contributed by atoms with Crippen LogP contribution in [0.3, 0.4) is 0 Å². The SMILES string of the molecule is CC.Cc1c(O)c(O)c(C)c2ccccc12.Cc1ccc(-c2c(O)cc(C)c3ccccc23)c2ccccc12.Cc1ccc(C)c2cc(O)c(O)cc12. The predicted molar refractivity (Wildman–Crippen MR) is 223 cm³/mol. The Morgan fingerprint density at radius 2 is 0.679 bits per heavy atom. The molecule has 0 aliphatic rings. The number of phenols is 5. The molecule has 270 valence electrons. The minimum absolute atomic E-state index is 0.0128. The Morgan fingerprint density at radius 3 is 1.15 bits per heavy atom. The number of hydrogen-bond acceptors (Lipinski definition) is 5. The first kappa shape index (κ1) is 38.0. The van der Waals surface area contributed by atoms with Gasteiger partial charge in [0, 0.05) is 16.7 Å². The molecule has 0 atom stereocenters. The summed E-state index contributed by atoms with van der Waals surface area (Å²) in [5.41, 5.74) is 8.00. The third-order valence-corrected chi connectivity index (χ3v) is 9.86. The van der Waals surface area contributed by atoms with Crippen molar-refractivity contribution in [2.24, 2.45) is 0 Å². The summed E-state index contributed by atoms with van der Waals surface area (Å²) in [6.07, 6.45) is 0. The molecule has 5 N–H and O–H groups in total. The van der Waals surface area contributed by atoms with Crippen molar-refractivity contribution in [2.45, 2.75) is 55.4 Å². The van der Waals surface area contributed by atoms with E-state index in [0.29, 0.717) is 5.75 Å². The second kappa shape index (κ2) is 16.0. The zero-order chi connectivity index (χ0) is 38.6. The summed E-state index contributed by atoms with van der Waals surface area (Å²) in [6, 6.07) is 37.7. The molecule has 8 aromatic carbocycles. The van der Waals surface area contributed by atoms with Crippen molar-refractivity contribution in [3.05, 3.63) is 149 Å². The number of hydrogen-bond donors (Lipinski definition) is 5. The molecule has 0 heterocycles. The number of phenolic OH excluding ortho intramolecular Hbond substituents is 5. The Labute approximate surface area is 311 Å². The number of aryl methyl sites for hydroxylation is 6. The fraction of sp³-hybridized carbons (Fsp3) is 0.167. The average molecular weight is 705 g/mol. The minimum atomic E-state index is -0.0637. The van der Waals surface area contributed by atoms with E-state index in [-0.39, 0.29) is 23.0 Å². The fourth-order valence-corrected chi connectivity index (χ4v) is 6.90. The summed E-state index contributed by atoms with van der Waals surface area (Å²) < 4.78 is 0. The van der Waals surface area contributed by atoms with Crippen LogP contribution in [0.15, 0.2) is 115 Å². The molecule has 8 aromatic rings. The van der Waals surface area contributed by atoms with Gasteiger partial charge in [-0.1, -0.05) is 111 Å². The molecule has 0 unspecified atom stereocenters. The predicted octanol–water partition coefficient (Wildman–Crippen LogP) is 12.7. The third-order valence-electron chi connectivity index (χ3n) is 9.86. The van der Waals surface area contributed by atoms with Gasteiger partial charge in [0.05, 0.1) is 0 Å². The lowest BCUT2D eigenvalue weighted by atomic mass is 9.90. The van der Waals surface area contributed by atoms with E-state index in [2.05, 4.69) is 55.5 Å². The summed E-state index contributed by atoms with van der Waals surface area (Å²) >= 11 is 0.